The summed E-state index contributed by atoms with van der Waals surface area (Å²) in [6, 6.07) is 8.71. The molecule has 0 fully saturated rings. The molecule has 1 N–H and O–H groups in total. The van der Waals surface area contributed by atoms with Crippen LogP contribution in [0.3, 0.4) is 0 Å². The number of aryl methyl sites for hydroxylation is 1. The molecule has 1 amide bonds. The lowest BCUT2D eigenvalue weighted by Crippen LogP contribution is -2.43. The average Bonchev–Trinajstić information content (AvgIpc) is 3.08. The van der Waals surface area contributed by atoms with E-state index in [4.69, 9.17) is 0 Å². The van der Waals surface area contributed by atoms with Crippen molar-refractivity contribution in [2.24, 2.45) is 14.1 Å². The van der Waals surface area contributed by atoms with Gasteiger partial charge in [0.15, 0.2) is 16.9 Å². The Hall–Kier alpha value is -3.49. The Morgan fingerprint density at radius 1 is 1.11 bits per heavy atom. The number of ketones is 1. The lowest BCUT2D eigenvalue weighted by atomic mass is 10.0. The first kappa shape index (κ1) is 19.3. The van der Waals surface area contributed by atoms with Crippen LogP contribution in [0.15, 0.2) is 46.2 Å². The van der Waals surface area contributed by atoms with Crippen molar-refractivity contribution in [1.82, 2.24) is 24.0 Å². The number of hydrogen-bond donors (Lipinski definition) is 1. The number of Topliss-reactive ketones (excluding diaryl/α,β-unsaturated/α-hetero) is 1. The molecule has 0 radical (unpaired) electrons. The Kier molecular flexibility index (Phi) is 5.25. The molecular formula is C19H21N5O4. The molecule has 0 unspecified atom stereocenters. The summed E-state index contributed by atoms with van der Waals surface area (Å²) in [6.45, 7) is 1.23. The summed E-state index contributed by atoms with van der Waals surface area (Å²) < 4.78 is 3.59. The van der Waals surface area contributed by atoms with Crippen LogP contribution in [-0.4, -0.2) is 36.4 Å². The van der Waals surface area contributed by atoms with Gasteiger partial charge in [-0.05, 0) is 18.9 Å². The van der Waals surface area contributed by atoms with Gasteiger partial charge in [-0.15, -0.1) is 0 Å². The molecule has 0 aliphatic heterocycles. The predicted octanol–water partition coefficient (Wildman–Crippen LogP) is -0.250. The van der Waals surface area contributed by atoms with Crippen molar-refractivity contribution in [3.05, 3.63) is 63.1 Å². The molecule has 1 atom stereocenters. The van der Waals surface area contributed by atoms with Crippen LogP contribution in [-0.2, 0) is 36.6 Å². The van der Waals surface area contributed by atoms with E-state index in [1.165, 1.54) is 36.5 Å². The van der Waals surface area contributed by atoms with Gasteiger partial charge >= 0.3 is 5.69 Å². The molecule has 9 heteroatoms. The van der Waals surface area contributed by atoms with Crippen LogP contribution in [0.1, 0.15) is 12.5 Å². The second-order valence-corrected chi connectivity index (χ2v) is 6.67. The zero-order valence-corrected chi connectivity index (χ0v) is 15.9. The quantitative estimate of drug-likeness (QED) is 0.632. The molecular weight excluding hydrogens is 362 g/mol. The van der Waals surface area contributed by atoms with Gasteiger partial charge in [0.2, 0.25) is 5.91 Å². The van der Waals surface area contributed by atoms with Gasteiger partial charge in [0.25, 0.3) is 5.56 Å². The van der Waals surface area contributed by atoms with Gasteiger partial charge in [0, 0.05) is 14.1 Å². The number of carbonyl (C=O) groups excluding carboxylic acids is 2. The van der Waals surface area contributed by atoms with Crippen LogP contribution < -0.4 is 16.6 Å². The maximum absolute atomic E-state index is 12.5. The van der Waals surface area contributed by atoms with E-state index in [9.17, 15) is 19.2 Å². The lowest BCUT2D eigenvalue weighted by Gasteiger charge is -2.16. The molecule has 0 aliphatic rings. The van der Waals surface area contributed by atoms with Gasteiger partial charge in [-0.3, -0.25) is 23.5 Å². The van der Waals surface area contributed by atoms with E-state index < -0.39 is 23.2 Å². The smallest absolute Gasteiger partial charge is 0.332 e. The van der Waals surface area contributed by atoms with Crippen molar-refractivity contribution in [3.8, 4) is 0 Å². The van der Waals surface area contributed by atoms with Crippen molar-refractivity contribution in [3.63, 3.8) is 0 Å². The van der Waals surface area contributed by atoms with Crippen molar-refractivity contribution in [2.45, 2.75) is 25.9 Å². The molecule has 0 aliphatic carbocycles. The highest BCUT2D eigenvalue weighted by atomic mass is 16.2. The van der Waals surface area contributed by atoms with Crippen LogP contribution in [0.4, 0.5) is 0 Å². The Labute approximate surface area is 160 Å². The third kappa shape index (κ3) is 3.64. The van der Waals surface area contributed by atoms with Crippen molar-refractivity contribution in [1.29, 1.82) is 0 Å². The van der Waals surface area contributed by atoms with Crippen molar-refractivity contribution < 1.29 is 9.59 Å². The molecule has 0 bridgehead atoms. The molecule has 0 saturated carbocycles. The second kappa shape index (κ2) is 7.63. The minimum atomic E-state index is -0.670. The molecule has 28 heavy (non-hydrogen) atoms. The largest absolute Gasteiger partial charge is 0.344 e. The standard InChI is InChI=1S/C19H21N5O4/c1-12(25)14(9-13-7-5-4-6-8-13)21-15(26)10-24-11-20-17-16(24)18(27)23(3)19(28)22(17)2/h4-8,11,14H,9-10H2,1-3H3,(H,21,26)/t14-/m0/s1. The van der Waals surface area contributed by atoms with E-state index in [1.54, 1.807) is 0 Å². The first-order valence-corrected chi connectivity index (χ1v) is 8.74. The minimum Gasteiger partial charge on any atom is -0.344 e. The van der Waals surface area contributed by atoms with Gasteiger partial charge in [-0.1, -0.05) is 30.3 Å². The SMILES string of the molecule is CC(=O)[C@H](Cc1ccccc1)NC(=O)Cn1cnc2c1c(=O)n(C)c(=O)n2C. The van der Waals surface area contributed by atoms with E-state index in [0.29, 0.717) is 6.42 Å². The Bertz CT molecular complexity index is 1160. The topological polar surface area (TPSA) is 108 Å². The van der Waals surface area contributed by atoms with E-state index in [0.717, 1.165) is 10.1 Å². The summed E-state index contributed by atoms with van der Waals surface area (Å²) in [4.78, 5) is 53.0. The number of rotatable bonds is 6. The van der Waals surface area contributed by atoms with E-state index in [-0.39, 0.29) is 23.5 Å². The average molecular weight is 383 g/mol. The fourth-order valence-corrected chi connectivity index (χ4v) is 3.06. The van der Waals surface area contributed by atoms with Crippen molar-refractivity contribution >= 4 is 22.9 Å². The Morgan fingerprint density at radius 2 is 1.79 bits per heavy atom. The van der Waals surface area contributed by atoms with Gasteiger partial charge in [-0.2, -0.15) is 0 Å². The number of amides is 1. The van der Waals surface area contributed by atoms with Gasteiger partial charge < -0.3 is 9.88 Å². The molecule has 0 spiro atoms. The van der Waals surface area contributed by atoms with Crippen LogP contribution >= 0.6 is 0 Å². The first-order valence-electron chi connectivity index (χ1n) is 8.74. The first-order chi connectivity index (χ1) is 13.3. The van der Waals surface area contributed by atoms with Gasteiger partial charge in [-0.25, -0.2) is 9.78 Å². The van der Waals surface area contributed by atoms with Gasteiger partial charge in [0.05, 0.1) is 12.4 Å². The molecule has 3 rings (SSSR count). The number of nitrogens with one attached hydrogen (secondary N) is 1. The third-order valence-electron chi connectivity index (χ3n) is 4.64. The van der Waals surface area contributed by atoms with Crippen LogP contribution in [0, 0.1) is 0 Å². The molecule has 2 aromatic heterocycles. The monoisotopic (exact) mass is 383 g/mol. The number of fused-ring (bicyclic) bond motifs is 1. The van der Waals surface area contributed by atoms with E-state index in [1.807, 2.05) is 30.3 Å². The molecule has 2 heterocycles. The minimum absolute atomic E-state index is 0.155. The summed E-state index contributed by atoms with van der Waals surface area (Å²) in [7, 11) is 2.88. The highest BCUT2D eigenvalue weighted by Crippen LogP contribution is 2.07. The fourth-order valence-electron chi connectivity index (χ4n) is 3.06. The lowest BCUT2D eigenvalue weighted by molar-refractivity contribution is -0.127. The Balaban J connectivity index is 1.83. The number of imidazole rings is 1. The second-order valence-electron chi connectivity index (χ2n) is 6.67. The van der Waals surface area contributed by atoms with Gasteiger partial charge in [0.1, 0.15) is 6.54 Å². The number of nitrogens with zero attached hydrogens (tertiary/aromatic N) is 4. The summed E-state index contributed by atoms with van der Waals surface area (Å²) in [5.74, 6) is -0.586. The zero-order chi connectivity index (χ0) is 20.4. The van der Waals surface area contributed by atoms with Crippen LogP contribution in [0.5, 0.6) is 0 Å². The highest BCUT2D eigenvalue weighted by Gasteiger charge is 2.20. The molecule has 1 aromatic carbocycles. The predicted molar refractivity (Wildman–Crippen MR) is 103 cm³/mol. The molecule has 146 valence electrons. The molecule has 3 aromatic rings. The molecule has 0 saturated heterocycles. The maximum Gasteiger partial charge on any atom is 0.332 e. The summed E-state index contributed by atoms with van der Waals surface area (Å²) in [5.41, 5.74) is 0.262. The van der Waals surface area contributed by atoms with E-state index >= 15 is 0 Å². The fraction of sp³-hybridized carbons (Fsp3) is 0.316. The number of carbonyl (C=O) groups is 2. The number of aromatic nitrogens is 4. The zero-order valence-electron chi connectivity index (χ0n) is 15.9. The maximum atomic E-state index is 12.5. The normalized spacial score (nSPS) is 12.1. The van der Waals surface area contributed by atoms with Crippen molar-refractivity contribution in [2.75, 3.05) is 0 Å². The van der Waals surface area contributed by atoms with E-state index in [2.05, 4.69) is 10.3 Å². The number of benzene rings is 1. The summed E-state index contributed by atoms with van der Waals surface area (Å²) in [5, 5.41) is 2.71. The molecule has 9 nitrogen and oxygen atoms in total. The Morgan fingerprint density at radius 3 is 2.43 bits per heavy atom. The summed E-state index contributed by atoms with van der Waals surface area (Å²) >= 11 is 0. The highest BCUT2D eigenvalue weighted by molar-refractivity contribution is 5.88. The van der Waals surface area contributed by atoms with Crippen LogP contribution in [0.25, 0.3) is 11.2 Å². The third-order valence-corrected chi connectivity index (χ3v) is 4.64. The number of hydrogen-bond acceptors (Lipinski definition) is 5. The summed E-state index contributed by atoms with van der Waals surface area (Å²) in [6.07, 6.45) is 1.72. The van der Waals surface area contributed by atoms with Crippen LogP contribution in [0.2, 0.25) is 0 Å².